The van der Waals surface area contributed by atoms with Crippen molar-refractivity contribution < 1.29 is 13.9 Å². The zero-order chi connectivity index (χ0) is 22.5. The number of rotatable bonds is 8. The van der Waals surface area contributed by atoms with Crippen molar-refractivity contribution in [3.8, 4) is 11.4 Å². The van der Waals surface area contributed by atoms with Gasteiger partial charge >= 0.3 is 0 Å². The summed E-state index contributed by atoms with van der Waals surface area (Å²) in [5.74, 6) is 0.842. The summed E-state index contributed by atoms with van der Waals surface area (Å²) in [5, 5.41) is 12.2. The van der Waals surface area contributed by atoms with E-state index in [4.69, 9.17) is 4.74 Å². The molecule has 1 aliphatic rings. The number of hydrogen-bond acceptors (Lipinski definition) is 5. The van der Waals surface area contributed by atoms with Crippen LogP contribution in [-0.2, 0) is 4.79 Å². The second-order valence-corrected chi connectivity index (χ2v) is 9.28. The van der Waals surface area contributed by atoms with E-state index in [9.17, 15) is 9.18 Å². The maximum atomic E-state index is 13.2. The molecule has 0 spiro atoms. The molecular formula is C24H27FN4O2S. The Balaban J connectivity index is 1.56. The fourth-order valence-corrected chi connectivity index (χ4v) is 4.69. The summed E-state index contributed by atoms with van der Waals surface area (Å²) in [4.78, 5) is 12.7. The molecule has 0 radical (unpaired) electrons. The molecule has 2 aromatic carbocycles. The quantitative estimate of drug-likeness (QED) is 0.481. The average Bonchev–Trinajstić information content (AvgIpc) is 3.46. The van der Waals surface area contributed by atoms with Crippen LogP contribution in [0.15, 0.2) is 59.8 Å². The van der Waals surface area contributed by atoms with Crippen LogP contribution in [0.1, 0.15) is 51.5 Å². The lowest BCUT2D eigenvalue weighted by molar-refractivity contribution is -0.120. The van der Waals surface area contributed by atoms with Gasteiger partial charge in [0.15, 0.2) is 17.1 Å². The van der Waals surface area contributed by atoms with E-state index in [-0.39, 0.29) is 23.0 Å². The summed E-state index contributed by atoms with van der Waals surface area (Å²) in [5.41, 5.74) is 0.882. The smallest absolute Gasteiger partial charge is 0.233 e. The van der Waals surface area contributed by atoms with Crippen molar-refractivity contribution in [3.63, 3.8) is 0 Å². The van der Waals surface area contributed by atoms with Gasteiger partial charge in [-0.2, -0.15) is 0 Å². The zero-order valence-electron chi connectivity index (χ0n) is 18.2. The summed E-state index contributed by atoms with van der Waals surface area (Å²) in [6, 6.07) is 15.9. The van der Waals surface area contributed by atoms with Crippen molar-refractivity contribution in [2.75, 3.05) is 0 Å². The maximum absolute atomic E-state index is 13.2. The van der Waals surface area contributed by atoms with Crippen LogP contribution in [0, 0.1) is 5.82 Å². The molecule has 1 fully saturated rings. The SMILES string of the molecule is CC(Sc1nnc(C(C)Oc2ccc(F)cc2)n1-c1ccccc1)C(=O)NC1CCCC1. The van der Waals surface area contributed by atoms with Gasteiger partial charge < -0.3 is 10.1 Å². The topological polar surface area (TPSA) is 69.0 Å². The molecule has 0 bridgehead atoms. The lowest BCUT2D eigenvalue weighted by atomic mass is 10.2. The highest BCUT2D eigenvalue weighted by atomic mass is 32.2. The van der Waals surface area contributed by atoms with Crippen molar-refractivity contribution >= 4 is 17.7 Å². The Morgan fingerprint density at radius 2 is 1.78 bits per heavy atom. The van der Waals surface area contributed by atoms with Crippen molar-refractivity contribution in [2.24, 2.45) is 0 Å². The summed E-state index contributed by atoms with van der Waals surface area (Å²) >= 11 is 1.38. The average molecular weight is 455 g/mol. The van der Waals surface area contributed by atoms with Gasteiger partial charge in [-0.15, -0.1) is 10.2 Å². The Hall–Kier alpha value is -2.87. The van der Waals surface area contributed by atoms with Crippen molar-refractivity contribution in [1.82, 2.24) is 20.1 Å². The minimum atomic E-state index is -0.440. The van der Waals surface area contributed by atoms with E-state index in [1.54, 1.807) is 12.1 Å². The van der Waals surface area contributed by atoms with Crippen LogP contribution in [-0.4, -0.2) is 32.0 Å². The standard InChI is InChI=1S/C24H27FN4O2S/c1-16(31-21-14-12-18(25)13-15-21)22-27-28-24(29(22)20-10-4-3-5-11-20)32-17(2)23(30)26-19-8-6-7-9-19/h3-5,10-17,19H,6-9H2,1-2H3,(H,26,30). The molecule has 1 aliphatic carbocycles. The van der Waals surface area contributed by atoms with E-state index >= 15 is 0 Å². The molecule has 1 amide bonds. The van der Waals surface area contributed by atoms with Gasteiger partial charge in [0.25, 0.3) is 0 Å². The number of thioether (sulfide) groups is 1. The number of amides is 1. The highest BCUT2D eigenvalue weighted by Gasteiger charge is 2.26. The van der Waals surface area contributed by atoms with E-state index in [2.05, 4.69) is 15.5 Å². The second kappa shape index (κ2) is 10.2. The molecule has 6 nitrogen and oxygen atoms in total. The van der Waals surface area contributed by atoms with Gasteiger partial charge in [0, 0.05) is 11.7 Å². The first-order valence-corrected chi connectivity index (χ1v) is 11.8. The van der Waals surface area contributed by atoms with E-state index in [1.807, 2.05) is 48.7 Å². The maximum Gasteiger partial charge on any atom is 0.233 e. The molecule has 4 rings (SSSR count). The Kier molecular flexibility index (Phi) is 7.09. The number of carbonyl (C=O) groups excluding carboxylic acids is 1. The van der Waals surface area contributed by atoms with Crippen LogP contribution in [0.25, 0.3) is 5.69 Å². The normalized spacial score (nSPS) is 16.0. The Morgan fingerprint density at radius 3 is 2.47 bits per heavy atom. The third-order valence-electron chi connectivity index (χ3n) is 5.52. The fraction of sp³-hybridized carbons (Fsp3) is 0.375. The first-order chi connectivity index (χ1) is 15.5. The predicted molar refractivity (Wildman–Crippen MR) is 123 cm³/mol. The fourth-order valence-electron chi connectivity index (χ4n) is 3.81. The minimum absolute atomic E-state index is 0.0154. The van der Waals surface area contributed by atoms with Crippen molar-refractivity contribution in [3.05, 3.63) is 66.2 Å². The largest absolute Gasteiger partial charge is 0.483 e. The molecule has 2 atom stereocenters. The molecule has 1 N–H and O–H groups in total. The van der Waals surface area contributed by atoms with Gasteiger partial charge in [-0.05, 0) is 63.1 Å². The molecule has 168 valence electrons. The van der Waals surface area contributed by atoms with Crippen LogP contribution in [0.2, 0.25) is 0 Å². The van der Waals surface area contributed by atoms with Crippen LogP contribution in [0.5, 0.6) is 5.75 Å². The number of benzene rings is 2. The van der Waals surface area contributed by atoms with Crippen LogP contribution in [0.3, 0.4) is 0 Å². The number of halogens is 1. The van der Waals surface area contributed by atoms with E-state index in [1.165, 1.54) is 36.7 Å². The van der Waals surface area contributed by atoms with Gasteiger partial charge in [0.2, 0.25) is 5.91 Å². The Labute approximate surface area is 191 Å². The zero-order valence-corrected chi connectivity index (χ0v) is 19.0. The Morgan fingerprint density at radius 1 is 1.09 bits per heavy atom. The van der Waals surface area contributed by atoms with Gasteiger partial charge in [0.05, 0.1) is 5.25 Å². The number of hydrogen-bond donors (Lipinski definition) is 1. The van der Waals surface area contributed by atoms with E-state index in [0.717, 1.165) is 18.5 Å². The number of aromatic nitrogens is 3. The number of nitrogens with one attached hydrogen (secondary N) is 1. The molecule has 32 heavy (non-hydrogen) atoms. The molecule has 1 saturated carbocycles. The van der Waals surface area contributed by atoms with Gasteiger partial charge in [0.1, 0.15) is 11.6 Å². The van der Waals surface area contributed by atoms with Gasteiger partial charge in [-0.25, -0.2) is 4.39 Å². The van der Waals surface area contributed by atoms with Crippen molar-refractivity contribution in [2.45, 2.75) is 62.1 Å². The van der Waals surface area contributed by atoms with Crippen molar-refractivity contribution in [1.29, 1.82) is 0 Å². The Bertz CT molecular complexity index is 1040. The summed E-state index contributed by atoms with van der Waals surface area (Å²) in [7, 11) is 0. The molecular weight excluding hydrogens is 427 g/mol. The first kappa shape index (κ1) is 22.3. The summed E-state index contributed by atoms with van der Waals surface area (Å²) in [6.07, 6.45) is 4.00. The molecule has 0 aliphatic heterocycles. The monoisotopic (exact) mass is 454 g/mol. The molecule has 2 unspecified atom stereocenters. The highest BCUT2D eigenvalue weighted by Crippen LogP contribution is 2.30. The van der Waals surface area contributed by atoms with Gasteiger partial charge in [-0.1, -0.05) is 42.8 Å². The van der Waals surface area contributed by atoms with Crippen LogP contribution in [0.4, 0.5) is 4.39 Å². The lowest BCUT2D eigenvalue weighted by Crippen LogP contribution is -2.37. The summed E-state index contributed by atoms with van der Waals surface area (Å²) < 4.78 is 21.1. The number of ether oxygens (including phenoxy) is 1. The number of para-hydroxylation sites is 1. The third kappa shape index (κ3) is 5.30. The second-order valence-electron chi connectivity index (χ2n) is 7.98. The summed E-state index contributed by atoms with van der Waals surface area (Å²) in [6.45, 7) is 3.76. The van der Waals surface area contributed by atoms with Crippen LogP contribution >= 0.6 is 11.8 Å². The predicted octanol–water partition coefficient (Wildman–Crippen LogP) is 5.09. The molecule has 1 aromatic heterocycles. The number of carbonyl (C=O) groups is 1. The third-order valence-corrected chi connectivity index (χ3v) is 6.56. The molecule has 3 aromatic rings. The molecule has 0 saturated heterocycles. The van der Waals surface area contributed by atoms with E-state index in [0.29, 0.717) is 16.7 Å². The van der Waals surface area contributed by atoms with Crippen LogP contribution < -0.4 is 10.1 Å². The number of nitrogens with zero attached hydrogens (tertiary/aromatic N) is 3. The van der Waals surface area contributed by atoms with Gasteiger partial charge in [-0.3, -0.25) is 9.36 Å². The highest BCUT2D eigenvalue weighted by molar-refractivity contribution is 8.00. The molecule has 8 heteroatoms. The molecule has 1 heterocycles. The minimum Gasteiger partial charge on any atom is -0.483 e. The lowest BCUT2D eigenvalue weighted by Gasteiger charge is -2.18. The van der Waals surface area contributed by atoms with E-state index < -0.39 is 6.10 Å². The first-order valence-electron chi connectivity index (χ1n) is 10.9.